The predicted octanol–water partition coefficient (Wildman–Crippen LogP) is 1.45. The molecule has 1 rings (SSSR count). The van der Waals surface area contributed by atoms with Crippen molar-refractivity contribution in [3.05, 3.63) is 39.9 Å². The van der Waals surface area contributed by atoms with Crippen LogP contribution in [0.25, 0.3) is 0 Å². The largest absolute Gasteiger partial charge is 0.465 e. The standard InChI is InChI=1S/C11H14N2O4.ClH/c1-2-17-11(14)9(12)7-8-5-3-4-6-10(8)13(15)16;/h3-6,9H,2,7,12H2,1H3;1H/t9-;/m0./s1. The monoisotopic (exact) mass is 274 g/mol. The van der Waals surface area contributed by atoms with Crippen LogP contribution < -0.4 is 5.73 Å². The van der Waals surface area contributed by atoms with Gasteiger partial charge in [0.1, 0.15) is 6.04 Å². The zero-order chi connectivity index (χ0) is 12.8. The maximum absolute atomic E-state index is 11.3. The lowest BCUT2D eigenvalue weighted by Gasteiger charge is -2.10. The zero-order valence-electron chi connectivity index (χ0n) is 9.87. The van der Waals surface area contributed by atoms with Crippen LogP contribution in [0.15, 0.2) is 24.3 Å². The lowest BCUT2D eigenvalue weighted by atomic mass is 10.0. The molecule has 0 unspecified atom stereocenters. The normalized spacial score (nSPS) is 11.2. The molecule has 1 aromatic carbocycles. The minimum atomic E-state index is -0.879. The van der Waals surface area contributed by atoms with Crippen molar-refractivity contribution < 1.29 is 14.5 Å². The van der Waals surface area contributed by atoms with Gasteiger partial charge in [-0.25, -0.2) is 0 Å². The number of carbonyl (C=O) groups is 1. The van der Waals surface area contributed by atoms with Crippen molar-refractivity contribution in [2.24, 2.45) is 5.73 Å². The third-order valence-electron chi connectivity index (χ3n) is 2.22. The first-order valence-corrected chi connectivity index (χ1v) is 5.20. The summed E-state index contributed by atoms with van der Waals surface area (Å²) in [6, 6.07) is 5.32. The van der Waals surface area contributed by atoms with Crippen molar-refractivity contribution >= 4 is 24.1 Å². The van der Waals surface area contributed by atoms with E-state index < -0.39 is 16.9 Å². The van der Waals surface area contributed by atoms with Crippen LogP contribution in [0, 0.1) is 10.1 Å². The van der Waals surface area contributed by atoms with Gasteiger partial charge in [-0.1, -0.05) is 18.2 Å². The Kier molecular flexibility index (Phi) is 6.92. The van der Waals surface area contributed by atoms with Gasteiger partial charge in [0, 0.05) is 18.1 Å². The summed E-state index contributed by atoms with van der Waals surface area (Å²) >= 11 is 0. The third kappa shape index (κ3) is 4.31. The van der Waals surface area contributed by atoms with E-state index in [-0.39, 0.29) is 31.1 Å². The lowest BCUT2D eigenvalue weighted by Crippen LogP contribution is -2.34. The molecule has 18 heavy (non-hydrogen) atoms. The van der Waals surface area contributed by atoms with Gasteiger partial charge in [0.2, 0.25) is 0 Å². The molecule has 0 saturated heterocycles. The Balaban J connectivity index is 0.00000289. The molecule has 0 spiro atoms. The molecule has 6 nitrogen and oxygen atoms in total. The highest BCUT2D eigenvalue weighted by Crippen LogP contribution is 2.18. The quantitative estimate of drug-likeness (QED) is 0.498. The molecule has 1 aromatic rings. The number of nitro benzene ring substituents is 1. The van der Waals surface area contributed by atoms with Crippen molar-refractivity contribution in [2.45, 2.75) is 19.4 Å². The van der Waals surface area contributed by atoms with Crippen LogP contribution in [-0.2, 0) is 16.0 Å². The molecule has 0 heterocycles. The number of hydrogen-bond donors (Lipinski definition) is 1. The number of benzene rings is 1. The van der Waals surface area contributed by atoms with E-state index in [2.05, 4.69) is 0 Å². The van der Waals surface area contributed by atoms with E-state index in [1.54, 1.807) is 25.1 Å². The summed E-state index contributed by atoms with van der Waals surface area (Å²) in [5, 5.41) is 10.7. The van der Waals surface area contributed by atoms with E-state index >= 15 is 0 Å². The number of halogens is 1. The summed E-state index contributed by atoms with van der Waals surface area (Å²) in [5.74, 6) is -0.550. The third-order valence-corrected chi connectivity index (χ3v) is 2.22. The number of nitro groups is 1. The van der Waals surface area contributed by atoms with E-state index in [4.69, 9.17) is 10.5 Å². The maximum Gasteiger partial charge on any atom is 0.323 e. The average Bonchev–Trinajstić information content (AvgIpc) is 2.29. The maximum atomic E-state index is 11.3. The number of ether oxygens (including phenoxy) is 1. The number of nitrogens with zero attached hydrogens (tertiary/aromatic N) is 1. The van der Waals surface area contributed by atoms with Gasteiger partial charge in [-0.15, -0.1) is 12.4 Å². The fourth-order valence-electron chi connectivity index (χ4n) is 1.43. The molecule has 0 saturated carbocycles. The van der Waals surface area contributed by atoms with Gasteiger partial charge in [0.25, 0.3) is 5.69 Å². The van der Waals surface area contributed by atoms with Crippen LogP contribution >= 0.6 is 12.4 Å². The molecule has 2 N–H and O–H groups in total. The van der Waals surface area contributed by atoms with Gasteiger partial charge in [-0.05, 0) is 6.92 Å². The fraction of sp³-hybridized carbons (Fsp3) is 0.364. The lowest BCUT2D eigenvalue weighted by molar-refractivity contribution is -0.385. The Morgan fingerprint density at radius 1 is 1.50 bits per heavy atom. The van der Waals surface area contributed by atoms with Crippen LogP contribution in [0.4, 0.5) is 5.69 Å². The highest BCUT2D eigenvalue weighted by atomic mass is 35.5. The van der Waals surface area contributed by atoms with E-state index in [1.807, 2.05) is 0 Å². The number of esters is 1. The van der Waals surface area contributed by atoms with Gasteiger partial charge in [-0.3, -0.25) is 14.9 Å². The Labute approximate surface area is 111 Å². The van der Waals surface area contributed by atoms with Crippen LogP contribution in [0.1, 0.15) is 12.5 Å². The highest BCUT2D eigenvalue weighted by molar-refractivity contribution is 5.85. The molecule has 0 aliphatic heterocycles. The summed E-state index contributed by atoms with van der Waals surface area (Å²) in [7, 11) is 0. The predicted molar refractivity (Wildman–Crippen MR) is 68.7 cm³/mol. The Morgan fingerprint density at radius 2 is 2.11 bits per heavy atom. The van der Waals surface area contributed by atoms with Crippen molar-refractivity contribution in [2.75, 3.05) is 6.61 Å². The minimum absolute atomic E-state index is 0. The first-order valence-electron chi connectivity index (χ1n) is 5.20. The Hall–Kier alpha value is -1.66. The van der Waals surface area contributed by atoms with Gasteiger partial charge < -0.3 is 10.5 Å². The second-order valence-electron chi connectivity index (χ2n) is 3.45. The first-order chi connectivity index (χ1) is 8.06. The van der Waals surface area contributed by atoms with Crippen LogP contribution in [0.5, 0.6) is 0 Å². The zero-order valence-corrected chi connectivity index (χ0v) is 10.7. The molecule has 0 aliphatic rings. The Bertz CT molecular complexity index is 425. The number of nitrogens with two attached hydrogens (primary N) is 1. The van der Waals surface area contributed by atoms with E-state index in [0.29, 0.717) is 5.56 Å². The first kappa shape index (κ1) is 16.3. The van der Waals surface area contributed by atoms with Crippen molar-refractivity contribution in [1.29, 1.82) is 0 Å². The summed E-state index contributed by atoms with van der Waals surface area (Å²) in [6.45, 7) is 1.92. The molecular formula is C11H15ClN2O4. The molecule has 0 bridgehead atoms. The summed E-state index contributed by atoms with van der Waals surface area (Å²) in [4.78, 5) is 21.6. The number of hydrogen-bond acceptors (Lipinski definition) is 5. The smallest absolute Gasteiger partial charge is 0.323 e. The molecule has 0 aliphatic carbocycles. The number of para-hydroxylation sites is 1. The molecule has 1 atom stereocenters. The van der Waals surface area contributed by atoms with Crippen molar-refractivity contribution in [3.63, 3.8) is 0 Å². The van der Waals surface area contributed by atoms with Gasteiger partial charge >= 0.3 is 5.97 Å². The van der Waals surface area contributed by atoms with Gasteiger partial charge in [0.05, 0.1) is 11.5 Å². The highest BCUT2D eigenvalue weighted by Gasteiger charge is 2.20. The Morgan fingerprint density at radius 3 is 2.67 bits per heavy atom. The van der Waals surface area contributed by atoms with E-state index in [9.17, 15) is 14.9 Å². The van der Waals surface area contributed by atoms with Crippen molar-refractivity contribution in [1.82, 2.24) is 0 Å². The van der Waals surface area contributed by atoms with Gasteiger partial charge in [-0.2, -0.15) is 0 Å². The van der Waals surface area contributed by atoms with Crippen LogP contribution in [0.3, 0.4) is 0 Å². The fourth-order valence-corrected chi connectivity index (χ4v) is 1.43. The van der Waals surface area contributed by atoms with E-state index in [1.165, 1.54) is 6.07 Å². The summed E-state index contributed by atoms with van der Waals surface area (Å²) in [5.41, 5.74) is 6.00. The van der Waals surface area contributed by atoms with Crippen LogP contribution in [-0.4, -0.2) is 23.5 Å². The molecule has 7 heteroatoms. The average molecular weight is 275 g/mol. The molecular weight excluding hydrogens is 260 g/mol. The minimum Gasteiger partial charge on any atom is -0.465 e. The van der Waals surface area contributed by atoms with Crippen LogP contribution in [0.2, 0.25) is 0 Å². The SMILES string of the molecule is CCOC(=O)[C@@H](N)Cc1ccccc1[N+](=O)[O-].Cl. The van der Waals surface area contributed by atoms with Gasteiger partial charge in [0.15, 0.2) is 0 Å². The second kappa shape index (κ2) is 7.62. The molecule has 100 valence electrons. The number of rotatable bonds is 5. The van der Waals surface area contributed by atoms with Crippen molar-refractivity contribution in [3.8, 4) is 0 Å². The molecule has 0 radical (unpaired) electrons. The summed E-state index contributed by atoms with van der Waals surface area (Å²) < 4.78 is 4.74. The topological polar surface area (TPSA) is 95.5 Å². The molecule has 0 fully saturated rings. The summed E-state index contributed by atoms with van der Waals surface area (Å²) in [6.07, 6.45) is 0.0932. The molecule has 0 amide bonds. The molecule has 0 aromatic heterocycles. The number of carbonyl (C=O) groups excluding carboxylic acids is 1. The second-order valence-corrected chi connectivity index (χ2v) is 3.45. The van der Waals surface area contributed by atoms with E-state index in [0.717, 1.165) is 0 Å².